The van der Waals surface area contributed by atoms with Crippen molar-refractivity contribution in [2.24, 2.45) is 0 Å². The van der Waals surface area contributed by atoms with E-state index in [4.69, 9.17) is 17.0 Å². The molecule has 3 rings (SSSR count). The molecule has 0 aliphatic heterocycles. The van der Waals surface area contributed by atoms with Crippen LogP contribution in [0, 0.1) is 13.8 Å². The predicted molar refractivity (Wildman–Crippen MR) is 119 cm³/mol. The number of fused-ring (bicyclic) bond motifs is 1. The Kier molecular flexibility index (Phi) is 7.08. The number of ether oxygens (including phenoxy) is 1. The molecule has 28 heavy (non-hydrogen) atoms. The molecule has 6 heteroatoms. The summed E-state index contributed by atoms with van der Waals surface area (Å²) in [6.45, 7) is 5.92. The average Bonchev–Trinajstić information content (AvgIpc) is 2.70. The Labute approximate surface area is 172 Å². The van der Waals surface area contributed by atoms with Gasteiger partial charge in [-0.15, -0.1) is 0 Å². The first-order valence-electron chi connectivity index (χ1n) is 10.2. The van der Waals surface area contributed by atoms with E-state index in [-0.39, 0.29) is 5.56 Å². The van der Waals surface area contributed by atoms with Gasteiger partial charge in [0.1, 0.15) is 0 Å². The zero-order valence-corrected chi connectivity index (χ0v) is 18.0. The molecule has 2 aromatic rings. The second-order valence-corrected chi connectivity index (χ2v) is 8.14. The molecule has 0 spiro atoms. The van der Waals surface area contributed by atoms with E-state index < -0.39 is 0 Å². The van der Waals surface area contributed by atoms with Crippen LogP contribution in [0.3, 0.4) is 0 Å². The zero-order chi connectivity index (χ0) is 20.1. The van der Waals surface area contributed by atoms with Gasteiger partial charge in [0.15, 0.2) is 5.11 Å². The van der Waals surface area contributed by atoms with E-state index in [1.165, 1.54) is 24.8 Å². The molecule has 0 bridgehead atoms. The van der Waals surface area contributed by atoms with Gasteiger partial charge in [0.2, 0.25) is 0 Å². The van der Waals surface area contributed by atoms with Crippen molar-refractivity contribution in [2.75, 3.05) is 20.3 Å². The van der Waals surface area contributed by atoms with Gasteiger partial charge >= 0.3 is 0 Å². The summed E-state index contributed by atoms with van der Waals surface area (Å²) in [5.74, 6) is 0. The second-order valence-electron chi connectivity index (χ2n) is 7.76. The third-order valence-corrected chi connectivity index (χ3v) is 6.10. The maximum Gasteiger partial charge on any atom is 0.253 e. The Bertz CT molecular complexity index is 887. The van der Waals surface area contributed by atoms with Crippen LogP contribution in [0.4, 0.5) is 0 Å². The molecule has 1 fully saturated rings. The van der Waals surface area contributed by atoms with Crippen LogP contribution in [-0.2, 0) is 11.3 Å². The average molecular weight is 402 g/mol. The van der Waals surface area contributed by atoms with Crippen molar-refractivity contribution in [3.05, 3.63) is 45.2 Å². The summed E-state index contributed by atoms with van der Waals surface area (Å²) in [6, 6.07) is 6.58. The van der Waals surface area contributed by atoms with Crippen molar-refractivity contribution in [3.8, 4) is 0 Å². The molecule has 1 saturated carbocycles. The van der Waals surface area contributed by atoms with Gasteiger partial charge in [0, 0.05) is 30.6 Å². The van der Waals surface area contributed by atoms with Crippen LogP contribution >= 0.6 is 12.2 Å². The fourth-order valence-electron chi connectivity index (χ4n) is 4.04. The molecule has 1 aliphatic rings. The van der Waals surface area contributed by atoms with Crippen molar-refractivity contribution in [1.29, 1.82) is 0 Å². The fraction of sp³-hybridized carbons (Fsp3) is 0.545. The lowest BCUT2D eigenvalue weighted by atomic mass is 9.94. The Balaban J connectivity index is 1.91. The number of hydrogen-bond acceptors (Lipinski definition) is 3. The van der Waals surface area contributed by atoms with Crippen molar-refractivity contribution in [2.45, 2.75) is 58.5 Å². The first-order chi connectivity index (χ1) is 13.5. The minimum absolute atomic E-state index is 0.0262. The van der Waals surface area contributed by atoms with Crippen LogP contribution in [-0.4, -0.2) is 41.3 Å². The standard InChI is InChI=1S/C22H31N3O2S/c1-15-9-10-16(2)20-19(15)13-17(21(26)24-20)14-25(18-7-5-4-6-8-18)22(28)23-11-12-27-3/h9-10,13,18H,4-8,11-12,14H2,1-3H3,(H,23,28)(H,24,26). The van der Waals surface area contributed by atoms with Crippen LogP contribution in [0.2, 0.25) is 0 Å². The van der Waals surface area contributed by atoms with E-state index in [1.54, 1.807) is 7.11 Å². The first kappa shape index (κ1) is 20.8. The topological polar surface area (TPSA) is 57.4 Å². The molecular weight excluding hydrogens is 370 g/mol. The zero-order valence-electron chi connectivity index (χ0n) is 17.1. The van der Waals surface area contributed by atoms with Crippen molar-refractivity contribution >= 4 is 28.2 Å². The predicted octanol–water partition coefficient (Wildman–Crippen LogP) is 3.80. The largest absolute Gasteiger partial charge is 0.383 e. The number of rotatable bonds is 6. The Morgan fingerprint density at radius 3 is 2.68 bits per heavy atom. The molecule has 1 aliphatic carbocycles. The highest BCUT2D eigenvalue weighted by Gasteiger charge is 2.24. The molecule has 0 saturated heterocycles. The minimum atomic E-state index is -0.0262. The summed E-state index contributed by atoms with van der Waals surface area (Å²) >= 11 is 5.70. The van der Waals surface area contributed by atoms with E-state index in [2.05, 4.69) is 34.3 Å². The lowest BCUT2D eigenvalue weighted by Crippen LogP contribution is -2.47. The van der Waals surface area contributed by atoms with Crippen LogP contribution in [0.25, 0.3) is 10.9 Å². The maximum atomic E-state index is 12.8. The lowest BCUT2D eigenvalue weighted by molar-refractivity contribution is 0.199. The molecular formula is C22H31N3O2S. The first-order valence-corrected chi connectivity index (χ1v) is 10.6. The number of methoxy groups -OCH3 is 1. The van der Waals surface area contributed by atoms with Crippen LogP contribution in [0.1, 0.15) is 48.8 Å². The number of nitrogens with one attached hydrogen (secondary N) is 2. The fourth-order valence-corrected chi connectivity index (χ4v) is 4.36. The van der Waals surface area contributed by atoms with Gasteiger partial charge in [0.05, 0.1) is 18.7 Å². The maximum absolute atomic E-state index is 12.8. The van der Waals surface area contributed by atoms with Gasteiger partial charge in [-0.25, -0.2) is 0 Å². The van der Waals surface area contributed by atoms with Gasteiger partial charge in [-0.05, 0) is 56.1 Å². The Morgan fingerprint density at radius 1 is 1.25 bits per heavy atom. The number of aromatic nitrogens is 1. The Morgan fingerprint density at radius 2 is 1.96 bits per heavy atom. The summed E-state index contributed by atoms with van der Waals surface area (Å²) in [5.41, 5.74) is 3.93. The molecule has 0 radical (unpaired) electrons. The normalized spacial score (nSPS) is 15.0. The van der Waals surface area contributed by atoms with E-state index in [1.807, 2.05) is 13.0 Å². The third-order valence-electron chi connectivity index (χ3n) is 5.72. The minimum Gasteiger partial charge on any atom is -0.383 e. The molecule has 2 N–H and O–H groups in total. The number of H-pyrrole nitrogens is 1. The molecule has 5 nitrogen and oxygen atoms in total. The number of aromatic amines is 1. The summed E-state index contributed by atoms with van der Waals surface area (Å²) in [4.78, 5) is 18.1. The molecule has 1 aromatic carbocycles. The highest BCUT2D eigenvalue weighted by Crippen LogP contribution is 2.25. The van der Waals surface area contributed by atoms with E-state index in [0.717, 1.165) is 34.9 Å². The summed E-state index contributed by atoms with van der Waals surface area (Å²) in [7, 11) is 1.68. The molecule has 0 unspecified atom stereocenters. The van der Waals surface area contributed by atoms with Crippen LogP contribution in [0.5, 0.6) is 0 Å². The van der Waals surface area contributed by atoms with E-state index >= 15 is 0 Å². The smallest absolute Gasteiger partial charge is 0.253 e. The van der Waals surface area contributed by atoms with Gasteiger partial charge in [-0.3, -0.25) is 4.79 Å². The number of pyridine rings is 1. The highest BCUT2D eigenvalue weighted by molar-refractivity contribution is 7.80. The van der Waals surface area contributed by atoms with Gasteiger partial charge in [-0.1, -0.05) is 31.4 Å². The highest BCUT2D eigenvalue weighted by atomic mass is 32.1. The van der Waals surface area contributed by atoms with Gasteiger partial charge in [-0.2, -0.15) is 0 Å². The monoisotopic (exact) mass is 401 g/mol. The van der Waals surface area contributed by atoms with E-state index in [0.29, 0.717) is 30.9 Å². The van der Waals surface area contributed by atoms with Gasteiger partial charge in [0.25, 0.3) is 5.56 Å². The van der Waals surface area contributed by atoms with Crippen molar-refractivity contribution < 1.29 is 4.74 Å². The number of hydrogen-bond donors (Lipinski definition) is 2. The van der Waals surface area contributed by atoms with Crippen molar-refractivity contribution in [1.82, 2.24) is 15.2 Å². The van der Waals surface area contributed by atoms with Crippen molar-refractivity contribution in [3.63, 3.8) is 0 Å². The summed E-state index contributed by atoms with van der Waals surface area (Å²) in [5, 5.41) is 5.12. The number of aryl methyl sites for hydroxylation is 2. The Hall–Kier alpha value is -1.92. The lowest BCUT2D eigenvalue weighted by Gasteiger charge is -2.36. The van der Waals surface area contributed by atoms with Gasteiger partial charge < -0.3 is 19.9 Å². The summed E-state index contributed by atoms with van der Waals surface area (Å²) < 4.78 is 5.13. The molecule has 1 heterocycles. The number of benzene rings is 1. The SMILES string of the molecule is COCCNC(=S)N(Cc1cc2c(C)ccc(C)c2[nH]c1=O)C1CCCCC1. The molecule has 152 valence electrons. The number of nitrogens with zero attached hydrogens (tertiary/aromatic N) is 1. The molecule has 0 atom stereocenters. The number of thiocarbonyl (C=S) groups is 1. The quantitative estimate of drug-likeness (QED) is 0.570. The molecule has 1 aromatic heterocycles. The summed E-state index contributed by atoms with van der Waals surface area (Å²) in [6.07, 6.45) is 5.96. The third kappa shape index (κ3) is 4.73. The second kappa shape index (κ2) is 9.52. The van der Waals surface area contributed by atoms with Crippen LogP contribution in [0.15, 0.2) is 23.0 Å². The van der Waals surface area contributed by atoms with E-state index in [9.17, 15) is 4.79 Å². The van der Waals surface area contributed by atoms with Crippen LogP contribution < -0.4 is 10.9 Å². The molecule has 0 amide bonds.